The Morgan fingerprint density at radius 1 is 1.26 bits per heavy atom. The van der Waals surface area contributed by atoms with Crippen LogP contribution in [-0.4, -0.2) is 20.1 Å². The average molecular weight is 328 g/mol. The molecule has 3 aromatic heterocycles. The van der Waals surface area contributed by atoms with Crippen LogP contribution in [0.1, 0.15) is 5.56 Å². The maximum Gasteiger partial charge on any atom is 0.268 e. The Kier molecular flexibility index (Phi) is 3.05. The van der Waals surface area contributed by atoms with Crippen molar-refractivity contribution in [1.29, 1.82) is 0 Å². The van der Waals surface area contributed by atoms with Crippen LogP contribution in [0.5, 0.6) is 0 Å². The average Bonchev–Trinajstić information content (AvgIpc) is 3.14. The number of nitrogens with zero attached hydrogens (tertiary/aromatic N) is 3. The van der Waals surface area contributed by atoms with Gasteiger partial charge in [-0.1, -0.05) is 5.16 Å². The predicted molar refractivity (Wildman–Crippen MR) is 83.7 cm³/mol. The highest BCUT2D eigenvalue weighted by atomic mass is 32.1. The van der Waals surface area contributed by atoms with Crippen LogP contribution in [0, 0.1) is 12.7 Å². The number of hydrogen-bond acceptors (Lipinski definition) is 6. The van der Waals surface area contributed by atoms with Crippen LogP contribution >= 0.6 is 11.3 Å². The first-order valence-corrected chi connectivity index (χ1v) is 7.52. The van der Waals surface area contributed by atoms with Gasteiger partial charge in [0.25, 0.3) is 11.4 Å². The molecule has 1 aromatic carbocycles. The molecule has 114 valence electrons. The Balaban J connectivity index is 1.83. The van der Waals surface area contributed by atoms with Gasteiger partial charge in [-0.2, -0.15) is 4.98 Å². The van der Waals surface area contributed by atoms with E-state index in [1.165, 1.54) is 29.8 Å². The second kappa shape index (κ2) is 5.10. The van der Waals surface area contributed by atoms with E-state index in [0.717, 1.165) is 5.56 Å². The van der Waals surface area contributed by atoms with Crippen molar-refractivity contribution in [1.82, 2.24) is 20.1 Å². The molecular weight excluding hydrogens is 319 g/mol. The van der Waals surface area contributed by atoms with Gasteiger partial charge in [0, 0.05) is 5.56 Å². The van der Waals surface area contributed by atoms with Gasteiger partial charge >= 0.3 is 0 Å². The minimum Gasteiger partial charge on any atom is -0.333 e. The minimum atomic E-state index is -0.330. The highest BCUT2D eigenvalue weighted by Crippen LogP contribution is 2.35. The highest BCUT2D eigenvalue weighted by molar-refractivity contribution is 7.22. The largest absolute Gasteiger partial charge is 0.333 e. The van der Waals surface area contributed by atoms with Crippen molar-refractivity contribution in [3.8, 4) is 22.2 Å². The summed E-state index contributed by atoms with van der Waals surface area (Å²) < 4.78 is 18.3. The van der Waals surface area contributed by atoms with Crippen molar-refractivity contribution in [3.05, 3.63) is 52.3 Å². The van der Waals surface area contributed by atoms with Crippen molar-refractivity contribution >= 4 is 21.6 Å². The first-order chi connectivity index (χ1) is 11.1. The van der Waals surface area contributed by atoms with Crippen molar-refractivity contribution in [2.24, 2.45) is 0 Å². The molecule has 0 aliphatic carbocycles. The van der Waals surface area contributed by atoms with E-state index >= 15 is 0 Å². The zero-order valence-corrected chi connectivity index (χ0v) is 12.6. The molecule has 0 atom stereocenters. The number of halogens is 1. The summed E-state index contributed by atoms with van der Waals surface area (Å²) in [7, 11) is 0. The number of aromatic amines is 1. The lowest BCUT2D eigenvalue weighted by atomic mass is 10.2. The van der Waals surface area contributed by atoms with E-state index in [9.17, 15) is 9.18 Å². The normalized spacial score (nSPS) is 11.2. The van der Waals surface area contributed by atoms with Gasteiger partial charge in [-0.05, 0) is 36.8 Å². The van der Waals surface area contributed by atoms with Crippen LogP contribution in [-0.2, 0) is 0 Å². The third-order valence-corrected chi connectivity index (χ3v) is 4.64. The quantitative estimate of drug-likeness (QED) is 0.611. The minimum absolute atomic E-state index is 0.201. The molecule has 0 saturated heterocycles. The number of thiophene rings is 1. The van der Waals surface area contributed by atoms with Crippen molar-refractivity contribution in [2.45, 2.75) is 6.92 Å². The Morgan fingerprint density at radius 2 is 2.04 bits per heavy atom. The standard InChI is InChI=1S/C15H9FN4O2S/c1-7-10-13(21)17-6-18-15(10)23-11(7)14-19-12(20-22-14)8-2-4-9(16)5-3-8/h2-6H,1H3,(H,17,18,21). The molecule has 0 saturated carbocycles. The second-order valence-corrected chi connectivity index (χ2v) is 5.90. The van der Waals surface area contributed by atoms with Gasteiger partial charge in [0.1, 0.15) is 10.6 Å². The lowest BCUT2D eigenvalue weighted by Gasteiger charge is -1.93. The van der Waals surface area contributed by atoms with E-state index < -0.39 is 0 Å². The summed E-state index contributed by atoms with van der Waals surface area (Å²) in [4.78, 5) is 24.3. The molecule has 23 heavy (non-hydrogen) atoms. The van der Waals surface area contributed by atoms with Crippen LogP contribution in [0.4, 0.5) is 4.39 Å². The van der Waals surface area contributed by atoms with Gasteiger partial charge in [0.15, 0.2) is 0 Å². The fourth-order valence-electron chi connectivity index (χ4n) is 2.31. The Labute approximate surface area is 132 Å². The van der Waals surface area contributed by atoms with Crippen LogP contribution in [0.2, 0.25) is 0 Å². The molecule has 0 radical (unpaired) electrons. The lowest BCUT2D eigenvalue weighted by Crippen LogP contribution is -2.05. The summed E-state index contributed by atoms with van der Waals surface area (Å²) in [5, 5.41) is 4.44. The van der Waals surface area contributed by atoms with E-state index in [-0.39, 0.29) is 11.4 Å². The fraction of sp³-hybridized carbons (Fsp3) is 0.0667. The molecule has 0 aliphatic rings. The molecule has 8 heteroatoms. The molecule has 4 aromatic rings. The van der Waals surface area contributed by atoms with Gasteiger partial charge in [-0.15, -0.1) is 11.3 Å². The number of nitrogens with one attached hydrogen (secondary N) is 1. The summed E-state index contributed by atoms with van der Waals surface area (Å²) in [6.07, 6.45) is 1.36. The van der Waals surface area contributed by atoms with Crippen LogP contribution < -0.4 is 5.56 Å². The number of H-pyrrole nitrogens is 1. The SMILES string of the molecule is Cc1c(-c2nc(-c3ccc(F)cc3)no2)sc2nc[nH]c(=O)c12. The molecule has 0 amide bonds. The highest BCUT2D eigenvalue weighted by Gasteiger charge is 2.19. The molecule has 6 nitrogen and oxygen atoms in total. The van der Waals surface area contributed by atoms with Gasteiger partial charge in [-0.25, -0.2) is 9.37 Å². The van der Waals surface area contributed by atoms with Gasteiger partial charge in [-0.3, -0.25) is 4.79 Å². The van der Waals surface area contributed by atoms with Crippen molar-refractivity contribution < 1.29 is 8.91 Å². The first-order valence-electron chi connectivity index (χ1n) is 6.70. The Bertz CT molecular complexity index is 1070. The zero-order valence-electron chi connectivity index (χ0n) is 11.8. The molecule has 0 bridgehead atoms. The van der Waals surface area contributed by atoms with Gasteiger partial charge in [0.05, 0.1) is 16.6 Å². The van der Waals surface area contributed by atoms with E-state index in [0.29, 0.717) is 32.4 Å². The molecular formula is C15H9FN4O2S. The van der Waals surface area contributed by atoms with E-state index in [2.05, 4.69) is 20.1 Å². The maximum atomic E-state index is 13.0. The summed E-state index contributed by atoms with van der Waals surface area (Å²) >= 11 is 1.31. The molecule has 3 heterocycles. The van der Waals surface area contributed by atoms with Crippen LogP contribution in [0.15, 0.2) is 39.9 Å². The second-order valence-electron chi connectivity index (χ2n) is 4.90. The number of fused-ring (bicyclic) bond motifs is 1. The molecule has 4 rings (SSSR count). The monoisotopic (exact) mass is 328 g/mol. The number of benzene rings is 1. The van der Waals surface area contributed by atoms with E-state index in [1.807, 2.05) is 6.92 Å². The number of aromatic nitrogens is 4. The molecule has 0 unspecified atom stereocenters. The summed E-state index contributed by atoms with van der Waals surface area (Å²) in [5.74, 6) is 0.339. The van der Waals surface area contributed by atoms with E-state index in [1.54, 1.807) is 12.1 Å². The first kappa shape index (κ1) is 13.8. The van der Waals surface area contributed by atoms with E-state index in [4.69, 9.17) is 4.52 Å². The number of rotatable bonds is 2. The van der Waals surface area contributed by atoms with Crippen molar-refractivity contribution in [2.75, 3.05) is 0 Å². The Morgan fingerprint density at radius 3 is 2.78 bits per heavy atom. The summed E-state index contributed by atoms with van der Waals surface area (Å²) in [5.41, 5.74) is 1.19. The van der Waals surface area contributed by atoms with Gasteiger partial charge in [0.2, 0.25) is 5.82 Å². The topological polar surface area (TPSA) is 84.7 Å². The number of aryl methyl sites for hydroxylation is 1. The van der Waals surface area contributed by atoms with Crippen molar-refractivity contribution in [3.63, 3.8) is 0 Å². The smallest absolute Gasteiger partial charge is 0.268 e. The van der Waals surface area contributed by atoms with Gasteiger partial charge < -0.3 is 9.51 Å². The molecule has 1 N–H and O–H groups in total. The Hall–Kier alpha value is -2.87. The number of hydrogen-bond donors (Lipinski definition) is 1. The maximum absolute atomic E-state index is 13.0. The molecule has 0 spiro atoms. The lowest BCUT2D eigenvalue weighted by molar-refractivity contribution is 0.433. The zero-order chi connectivity index (χ0) is 16.0. The predicted octanol–water partition coefficient (Wildman–Crippen LogP) is 3.15. The molecule has 0 fully saturated rings. The fourth-order valence-corrected chi connectivity index (χ4v) is 3.39. The third-order valence-electron chi connectivity index (χ3n) is 3.46. The molecule has 0 aliphatic heterocycles. The third kappa shape index (κ3) is 2.23. The summed E-state index contributed by atoms with van der Waals surface area (Å²) in [6, 6.07) is 5.82. The summed E-state index contributed by atoms with van der Waals surface area (Å²) in [6.45, 7) is 1.81. The van der Waals surface area contributed by atoms with Crippen LogP contribution in [0.3, 0.4) is 0 Å². The van der Waals surface area contributed by atoms with Crippen LogP contribution in [0.25, 0.3) is 32.4 Å².